The third-order valence-electron chi connectivity index (χ3n) is 2.47. The fraction of sp³-hybridized carbons (Fsp3) is 1.00. The molecule has 14 heavy (non-hydrogen) atoms. The van der Waals surface area contributed by atoms with Crippen molar-refractivity contribution in [3.8, 4) is 0 Å². The number of rotatable bonds is 8. The second kappa shape index (κ2) is 7.23. The first-order valence-electron chi connectivity index (χ1n) is 5.46. The Kier molecular flexibility index (Phi) is 7.19. The molecule has 0 aliphatic carbocycles. The van der Waals surface area contributed by atoms with Crippen molar-refractivity contribution in [2.75, 3.05) is 18.8 Å². The predicted octanol–water partition coefficient (Wildman–Crippen LogP) is 1.59. The number of unbranched alkanes of at least 4 members (excludes halogenated alkanes) is 1. The molecule has 0 bridgehead atoms. The molecule has 0 fully saturated rings. The van der Waals surface area contributed by atoms with Gasteiger partial charge in [-0.25, -0.2) is 8.42 Å². The van der Waals surface area contributed by atoms with E-state index in [0.29, 0.717) is 5.75 Å². The first kappa shape index (κ1) is 13.9. The number of hydrogen-bond acceptors (Lipinski definition) is 3. The van der Waals surface area contributed by atoms with E-state index >= 15 is 0 Å². The maximum atomic E-state index is 11.6. The van der Waals surface area contributed by atoms with Gasteiger partial charge in [-0.1, -0.05) is 13.8 Å². The van der Waals surface area contributed by atoms with Gasteiger partial charge in [0.1, 0.15) is 0 Å². The average Bonchev–Trinajstić information content (AvgIpc) is 2.16. The van der Waals surface area contributed by atoms with Gasteiger partial charge in [0.15, 0.2) is 9.84 Å². The van der Waals surface area contributed by atoms with Crippen molar-refractivity contribution in [1.29, 1.82) is 0 Å². The highest BCUT2D eigenvalue weighted by atomic mass is 32.2. The van der Waals surface area contributed by atoms with Crippen LogP contribution in [0.2, 0.25) is 0 Å². The van der Waals surface area contributed by atoms with Crippen molar-refractivity contribution in [1.82, 2.24) is 5.32 Å². The molecule has 0 aromatic carbocycles. The molecule has 4 heteroatoms. The van der Waals surface area contributed by atoms with E-state index in [1.54, 1.807) is 6.92 Å². The highest BCUT2D eigenvalue weighted by molar-refractivity contribution is 7.91. The fourth-order valence-corrected chi connectivity index (χ4v) is 2.70. The molecule has 0 saturated heterocycles. The third kappa shape index (κ3) is 5.60. The minimum atomic E-state index is -2.83. The number of sulfone groups is 1. The van der Waals surface area contributed by atoms with Gasteiger partial charge in [-0.05, 0) is 39.3 Å². The van der Waals surface area contributed by atoms with Gasteiger partial charge >= 0.3 is 0 Å². The molecule has 1 N–H and O–H groups in total. The molecule has 0 aliphatic heterocycles. The first-order chi connectivity index (χ1) is 6.54. The lowest BCUT2D eigenvalue weighted by Gasteiger charge is -2.10. The predicted molar refractivity (Wildman–Crippen MR) is 61.3 cm³/mol. The largest absolute Gasteiger partial charge is 0.317 e. The second-order valence-corrected chi connectivity index (χ2v) is 6.19. The Morgan fingerprint density at radius 1 is 1.21 bits per heavy atom. The quantitative estimate of drug-likeness (QED) is 0.633. The Hall–Kier alpha value is -0.0900. The van der Waals surface area contributed by atoms with Crippen molar-refractivity contribution in [3.63, 3.8) is 0 Å². The van der Waals surface area contributed by atoms with E-state index in [0.717, 1.165) is 32.4 Å². The average molecular weight is 221 g/mol. The summed E-state index contributed by atoms with van der Waals surface area (Å²) in [5, 5.41) is 3.00. The zero-order valence-electron chi connectivity index (χ0n) is 9.54. The van der Waals surface area contributed by atoms with Crippen molar-refractivity contribution < 1.29 is 8.42 Å². The Labute approximate surface area is 88.2 Å². The molecular formula is C10H23NO2S. The van der Waals surface area contributed by atoms with E-state index in [1.807, 2.05) is 6.92 Å². The lowest BCUT2D eigenvalue weighted by atomic mass is 10.3. The lowest BCUT2D eigenvalue weighted by Crippen LogP contribution is -2.21. The Morgan fingerprint density at radius 2 is 1.86 bits per heavy atom. The van der Waals surface area contributed by atoms with Gasteiger partial charge in [0.25, 0.3) is 0 Å². The van der Waals surface area contributed by atoms with Gasteiger partial charge < -0.3 is 5.32 Å². The summed E-state index contributed by atoms with van der Waals surface area (Å²) in [6, 6.07) is 0. The summed E-state index contributed by atoms with van der Waals surface area (Å²) in [7, 11) is -2.83. The summed E-state index contributed by atoms with van der Waals surface area (Å²) in [6.07, 6.45) is 2.44. The Balaban J connectivity index is 3.67. The molecule has 86 valence electrons. The van der Waals surface area contributed by atoms with Crippen molar-refractivity contribution >= 4 is 9.84 Å². The molecule has 0 aliphatic rings. The van der Waals surface area contributed by atoms with Crippen molar-refractivity contribution in [2.24, 2.45) is 0 Å². The Morgan fingerprint density at radius 3 is 2.36 bits per heavy atom. The molecule has 0 aromatic rings. The summed E-state index contributed by atoms with van der Waals surface area (Å²) >= 11 is 0. The van der Waals surface area contributed by atoms with Crippen LogP contribution in [0.1, 0.15) is 40.0 Å². The highest BCUT2D eigenvalue weighted by Gasteiger charge is 2.17. The standard InChI is InChI=1S/C10H23NO2S/c1-4-10(3)14(12,13)9-7-6-8-11-5-2/h10-11H,4-9H2,1-3H3. The van der Waals surface area contributed by atoms with Crippen LogP contribution in [0.4, 0.5) is 0 Å². The molecule has 1 unspecified atom stereocenters. The van der Waals surface area contributed by atoms with E-state index in [4.69, 9.17) is 0 Å². The van der Waals surface area contributed by atoms with Crippen molar-refractivity contribution in [2.45, 2.75) is 45.3 Å². The summed E-state index contributed by atoms with van der Waals surface area (Å²) in [5.74, 6) is 0.341. The van der Waals surface area contributed by atoms with E-state index in [9.17, 15) is 8.42 Å². The van der Waals surface area contributed by atoms with Crippen LogP contribution in [0.3, 0.4) is 0 Å². The van der Waals surface area contributed by atoms with E-state index < -0.39 is 9.84 Å². The topological polar surface area (TPSA) is 46.2 Å². The second-order valence-electron chi connectivity index (χ2n) is 3.65. The summed E-state index contributed by atoms with van der Waals surface area (Å²) in [4.78, 5) is 0. The first-order valence-corrected chi connectivity index (χ1v) is 7.18. The van der Waals surface area contributed by atoms with Crippen LogP contribution >= 0.6 is 0 Å². The molecule has 1 atom stereocenters. The monoisotopic (exact) mass is 221 g/mol. The summed E-state index contributed by atoms with van der Waals surface area (Å²) in [5.41, 5.74) is 0. The van der Waals surface area contributed by atoms with E-state index in [2.05, 4.69) is 12.2 Å². The van der Waals surface area contributed by atoms with Crippen LogP contribution in [0.15, 0.2) is 0 Å². The zero-order chi connectivity index (χ0) is 11.0. The molecule has 0 heterocycles. The van der Waals surface area contributed by atoms with Gasteiger partial charge in [-0.15, -0.1) is 0 Å². The molecule has 0 saturated carbocycles. The van der Waals surface area contributed by atoms with Crippen LogP contribution in [0.5, 0.6) is 0 Å². The molecule has 0 radical (unpaired) electrons. The fourth-order valence-electron chi connectivity index (χ4n) is 1.19. The molecule has 0 spiro atoms. The molecule has 3 nitrogen and oxygen atoms in total. The van der Waals surface area contributed by atoms with Crippen LogP contribution in [-0.2, 0) is 9.84 Å². The van der Waals surface area contributed by atoms with Crippen LogP contribution in [-0.4, -0.2) is 32.5 Å². The van der Waals surface area contributed by atoms with Crippen LogP contribution < -0.4 is 5.32 Å². The normalized spacial score (nSPS) is 14.2. The van der Waals surface area contributed by atoms with Crippen LogP contribution in [0, 0.1) is 0 Å². The SMILES string of the molecule is CCNCCCCS(=O)(=O)C(C)CC. The van der Waals surface area contributed by atoms with Gasteiger partial charge in [0.05, 0.1) is 11.0 Å². The lowest BCUT2D eigenvalue weighted by molar-refractivity contribution is 0.574. The maximum Gasteiger partial charge on any atom is 0.152 e. The summed E-state index contributed by atoms with van der Waals surface area (Å²) in [6.45, 7) is 7.64. The Bertz CT molecular complexity index is 224. The summed E-state index contributed by atoms with van der Waals surface area (Å²) < 4.78 is 23.1. The minimum Gasteiger partial charge on any atom is -0.317 e. The van der Waals surface area contributed by atoms with Crippen LogP contribution in [0.25, 0.3) is 0 Å². The van der Waals surface area contributed by atoms with Gasteiger partial charge in [-0.2, -0.15) is 0 Å². The van der Waals surface area contributed by atoms with Gasteiger partial charge in [-0.3, -0.25) is 0 Å². The molecule has 0 amide bonds. The van der Waals surface area contributed by atoms with Gasteiger partial charge in [0.2, 0.25) is 0 Å². The zero-order valence-corrected chi connectivity index (χ0v) is 10.4. The molecular weight excluding hydrogens is 198 g/mol. The minimum absolute atomic E-state index is 0.179. The highest BCUT2D eigenvalue weighted by Crippen LogP contribution is 2.08. The van der Waals surface area contributed by atoms with Gasteiger partial charge in [0, 0.05) is 0 Å². The van der Waals surface area contributed by atoms with Crippen molar-refractivity contribution in [3.05, 3.63) is 0 Å². The molecule has 0 aromatic heterocycles. The smallest absolute Gasteiger partial charge is 0.152 e. The van der Waals surface area contributed by atoms with E-state index in [1.165, 1.54) is 0 Å². The molecule has 0 rings (SSSR count). The number of hydrogen-bond donors (Lipinski definition) is 1. The maximum absolute atomic E-state index is 11.6. The van der Waals surface area contributed by atoms with E-state index in [-0.39, 0.29) is 5.25 Å². The number of nitrogens with one attached hydrogen (secondary N) is 1. The third-order valence-corrected chi connectivity index (χ3v) is 4.89.